The summed E-state index contributed by atoms with van der Waals surface area (Å²) in [6.07, 6.45) is 5.28. The molecule has 1 aromatic carbocycles. The first kappa shape index (κ1) is 12.8. The maximum atomic E-state index is 11.8. The van der Waals surface area contributed by atoms with E-state index in [4.69, 9.17) is 5.11 Å². The molecule has 0 saturated heterocycles. The van der Waals surface area contributed by atoms with Gasteiger partial charge in [0.2, 0.25) is 0 Å². The summed E-state index contributed by atoms with van der Waals surface area (Å²) >= 11 is 0. The number of pyridine rings is 1. The largest absolute Gasteiger partial charge is 0.477 e. The molecule has 96 valence electrons. The van der Waals surface area contributed by atoms with Gasteiger partial charge in [0.1, 0.15) is 5.56 Å². The van der Waals surface area contributed by atoms with Crippen LogP contribution in [0.5, 0.6) is 0 Å². The van der Waals surface area contributed by atoms with Crippen LogP contribution in [0.3, 0.4) is 0 Å². The molecule has 0 aliphatic heterocycles. The lowest BCUT2D eigenvalue weighted by Crippen LogP contribution is -2.25. The third kappa shape index (κ3) is 3.19. The second-order valence-electron chi connectivity index (χ2n) is 4.00. The summed E-state index contributed by atoms with van der Waals surface area (Å²) in [6.45, 7) is 0.342. The van der Waals surface area contributed by atoms with Crippen LogP contribution in [0.2, 0.25) is 0 Å². The molecule has 0 bridgehead atoms. The van der Waals surface area contributed by atoms with Gasteiger partial charge in [-0.05, 0) is 17.7 Å². The fraction of sp³-hybridized carbons (Fsp3) is 0.0667. The highest BCUT2D eigenvalue weighted by Crippen LogP contribution is 2.01. The molecule has 4 nitrogen and oxygen atoms in total. The summed E-state index contributed by atoms with van der Waals surface area (Å²) < 4.78 is 1.36. The fourth-order valence-corrected chi connectivity index (χ4v) is 1.71. The van der Waals surface area contributed by atoms with Gasteiger partial charge in [-0.1, -0.05) is 42.5 Å². The van der Waals surface area contributed by atoms with Gasteiger partial charge in [0.25, 0.3) is 5.56 Å². The highest BCUT2D eigenvalue weighted by atomic mass is 16.4. The lowest BCUT2D eigenvalue weighted by atomic mass is 10.2. The minimum Gasteiger partial charge on any atom is -0.477 e. The monoisotopic (exact) mass is 255 g/mol. The maximum absolute atomic E-state index is 11.8. The summed E-state index contributed by atoms with van der Waals surface area (Å²) in [5, 5.41) is 8.86. The van der Waals surface area contributed by atoms with Gasteiger partial charge < -0.3 is 9.67 Å². The highest BCUT2D eigenvalue weighted by Gasteiger charge is 2.08. The normalized spacial score (nSPS) is 10.7. The van der Waals surface area contributed by atoms with Crippen LogP contribution >= 0.6 is 0 Å². The molecule has 1 N–H and O–H groups in total. The minimum absolute atomic E-state index is 0.212. The van der Waals surface area contributed by atoms with Crippen LogP contribution in [0.15, 0.2) is 59.5 Å². The smallest absolute Gasteiger partial charge is 0.341 e. The first-order valence-corrected chi connectivity index (χ1v) is 5.83. The van der Waals surface area contributed by atoms with E-state index < -0.39 is 11.5 Å². The van der Waals surface area contributed by atoms with Gasteiger partial charge >= 0.3 is 5.97 Å². The van der Waals surface area contributed by atoms with Gasteiger partial charge in [-0.2, -0.15) is 0 Å². The van der Waals surface area contributed by atoms with Crippen LogP contribution in [0.25, 0.3) is 6.08 Å². The van der Waals surface area contributed by atoms with Crippen molar-refractivity contribution in [3.8, 4) is 0 Å². The van der Waals surface area contributed by atoms with Crippen molar-refractivity contribution in [2.75, 3.05) is 0 Å². The molecule has 1 heterocycles. The number of aromatic carboxylic acids is 1. The average molecular weight is 255 g/mol. The molecule has 2 aromatic rings. The zero-order valence-corrected chi connectivity index (χ0v) is 10.2. The van der Waals surface area contributed by atoms with E-state index in [0.717, 1.165) is 5.56 Å². The second-order valence-corrected chi connectivity index (χ2v) is 4.00. The van der Waals surface area contributed by atoms with Crippen molar-refractivity contribution in [2.24, 2.45) is 0 Å². The molecular formula is C15H13NO3. The molecule has 0 spiro atoms. The summed E-state index contributed by atoms with van der Waals surface area (Å²) in [4.78, 5) is 22.6. The van der Waals surface area contributed by atoms with Crippen molar-refractivity contribution in [3.05, 3.63) is 76.2 Å². The predicted molar refractivity (Wildman–Crippen MR) is 73.1 cm³/mol. The SMILES string of the molecule is O=C(O)c1cccn(CC=Cc2ccccc2)c1=O. The van der Waals surface area contributed by atoms with Crippen molar-refractivity contribution in [1.82, 2.24) is 4.57 Å². The van der Waals surface area contributed by atoms with E-state index in [1.807, 2.05) is 42.5 Å². The number of carboxylic acid groups (broad SMARTS) is 1. The Morgan fingerprint density at radius 2 is 1.89 bits per heavy atom. The predicted octanol–water partition coefficient (Wildman–Crippen LogP) is 2.26. The number of allylic oxidation sites excluding steroid dienone is 1. The highest BCUT2D eigenvalue weighted by molar-refractivity contribution is 5.86. The van der Waals surface area contributed by atoms with E-state index in [2.05, 4.69) is 0 Å². The molecule has 0 atom stereocenters. The Hall–Kier alpha value is -2.62. The lowest BCUT2D eigenvalue weighted by Gasteiger charge is -2.02. The van der Waals surface area contributed by atoms with Gasteiger partial charge in [0.15, 0.2) is 0 Å². The Morgan fingerprint density at radius 3 is 2.58 bits per heavy atom. The van der Waals surface area contributed by atoms with Crippen LogP contribution in [0, 0.1) is 0 Å². The molecule has 0 aliphatic carbocycles. The molecule has 0 amide bonds. The summed E-state index contributed by atoms with van der Waals surface area (Å²) in [5.74, 6) is -1.20. The molecule has 0 radical (unpaired) electrons. The van der Waals surface area contributed by atoms with Gasteiger partial charge in [0.05, 0.1) is 0 Å². The van der Waals surface area contributed by atoms with Crippen molar-refractivity contribution in [1.29, 1.82) is 0 Å². The Balaban J connectivity index is 2.17. The molecule has 19 heavy (non-hydrogen) atoms. The van der Waals surface area contributed by atoms with Crippen molar-refractivity contribution in [2.45, 2.75) is 6.54 Å². The van der Waals surface area contributed by atoms with E-state index in [9.17, 15) is 9.59 Å². The van der Waals surface area contributed by atoms with Crippen LogP contribution in [0.4, 0.5) is 0 Å². The molecule has 4 heteroatoms. The standard InChI is InChI=1S/C15H13NO3/c17-14-13(15(18)19)9-5-11-16(14)10-4-8-12-6-2-1-3-7-12/h1-9,11H,10H2,(H,18,19). The van der Waals surface area contributed by atoms with Gasteiger partial charge in [0, 0.05) is 12.7 Å². The number of carbonyl (C=O) groups is 1. The quantitative estimate of drug-likeness (QED) is 0.911. The number of nitrogens with zero attached hydrogens (tertiary/aromatic N) is 1. The molecule has 0 fully saturated rings. The molecule has 1 aromatic heterocycles. The Kier molecular flexibility index (Phi) is 3.93. The summed E-state index contributed by atoms with van der Waals surface area (Å²) in [7, 11) is 0. The maximum Gasteiger partial charge on any atom is 0.341 e. The van der Waals surface area contributed by atoms with E-state index in [0.29, 0.717) is 6.54 Å². The summed E-state index contributed by atoms with van der Waals surface area (Å²) in [5.41, 5.74) is 0.327. The minimum atomic E-state index is -1.20. The molecule has 0 unspecified atom stereocenters. The van der Waals surface area contributed by atoms with Gasteiger partial charge in [-0.15, -0.1) is 0 Å². The summed E-state index contributed by atoms with van der Waals surface area (Å²) in [6, 6.07) is 12.6. The zero-order valence-electron chi connectivity index (χ0n) is 10.2. The topological polar surface area (TPSA) is 59.3 Å². The number of hydrogen-bond acceptors (Lipinski definition) is 2. The first-order chi connectivity index (χ1) is 9.18. The van der Waals surface area contributed by atoms with Crippen LogP contribution < -0.4 is 5.56 Å². The third-order valence-corrected chi connectivity index (χ3v) is 2.66. The van der Waals surface area contributed by atoms with Gasteiger partial charge in [-0.25, -0.2) is 4.79 Å². The van der Waals surface area contributed by atoms with E-state index >= 15 is 0 Å². The Bertz CT molecular complexity index is 657. The van der Waals surface area contributed by atoms with Crippen molar-refractivity contribution in [3.63, 3.8) is 0 Å². The van der Waals surface area contributed by atoms with E-state index in [-0.39, 0.29) is 5.56 Å². The fourth-order valence-electron chi connectivity index (χ4n) is 1.71. The third-order valence-electron chi connectivity index (χ3n) is 2.66. The molecular weight excluding hydrogens is 242 g/mol. The first-order valence-electron chi connectivity index (χ1n) is 5.83. The van der Waals surface area contributed by atoms with E-state index in [1.54, 1.807) is 12.3 Å². The average Bonchev–Trinajstić information content (AvgIpc) is 2.41. The molecule has 0 aliphatic rings. The van der Waals surface area contributed by atoms with Gasteiger partial charge in [-0.3, -0.25) is 4.79 Å². The van der Waals surface area contributed by atoms with Crippen molar-refractivity contribution >= 4 is 12.0 Å². The number of hydrogen-bond donors (Lipinski definition) is 1. The van der Waals surface area contributed by atoms with Crippen LogP contribution in [-0.4, -0.2) is 15.6 Å². The zero-order chi connectivity index (χ0) is 13.7. The Labute approximate surface area is 110 Å². The molecule has 2 rings (SSSR count). The number of rotatable bonds is 4. The molecule has 0 saturated carbocycles. The number of aromatic nitrogens is 1. The van der Waals surface area contributed by atoms with Crippen LogP contribution in [-0.2, 0) is 6.54 Å². The number of carboxylic acids is 1. The van der Waals surface area contributed by atoms with Crippen LogP contribution in [0.1, 0.15) is 15.9 Å². The van der Waals surface area contributed by atoms with E-state index in [1.165, 1.54) is 10.6 Å². The number of benzene rings is 1. The van der Waals surface area contributed by atoms with Crippen molar-refractivity contribution < 1.29 is 9.90 Å². The second kappa shape index (κ2) is 5.82. The lowest BCUT2D eigenvalue weighted by molar-refractivity contribution is 0.0694. The Morgan fingerprint density at radius 1 is 1.16 bits per heavy atom.